The van der Waals surface area contributed by atoms with Crippen LogP contribution in [0.1, 0.15) is 0 Å². The molecule has 0 unspecified atom stereocenters. The molecule has 0 amide bonds. The summed E-state index contributed by atoms with van der Waals surface area (Å²) < 4.78 is 17.0. The van der Waals surface area contributed by atoms with E-state index in [1.165, 1.54) is 12.1 Å². The molecule has 0 bridgehead atoms. The molecule has 1 aliphatic heterocycles. The van der Waals surface area contributed by atoms with Gasteiger partial charge in [0.1, 0.15) is 5.82 Å². The summed E-state index contributed by atoms with van der Waals surface area (Å²) in [6, 6.07) is 10.2. The first-order chi connectivity index (χ1) is 11.3. The summed E-state index contributed by atoms with van der Waals surface area (Å²) in [7, 11) is 0. The molecule has 3 aromatic rings. The molecule has 114 valence electrons. The number of aliphatic imine (C=N–C) groups is 1. The molecule has 2 aromatic heterocycles. The SMILES string of the molecule is Fc1ccc(-c2cn3c(n2)N=CCN3Sc2ccncc2)cc1. The number of benzene rings is 1. The summed E-state index contributed by atoms with van der Waals surface area (Å²) in [5.41, 5.74) is 1.62. The van der Waals surface area contributed by atoms with E-state index < -0.39 is 0 Å². The molecule has 0 aliphatic carbocycles. The monoisotopic (exact) mass is 325 g/mol. The molecule has 0 radical (unpaired) electrons. The fraction of sp³-hybridized carbons (Fsp3) is 0.0625. The molecule has 0 atom stereocenters. The third-order valence-corrected chi connectivity index (χ3v) is 4.37. The quantitative estimate of drug-likeness (QED) is 0.692. The minimum absolute atomic E-state index is 0.259. The third kappa shape index (κ3) is 2.83. The van der Waals surface area contributed by atoms with Crippen molar-refractivity contribution in [3.05, 3.63) is 60.8 Å². The first-order valence-corrected chi connectivity index (χ1v) is 7.80. The number of halogens is 1. The maximum atomic E-state index is 13.1. The van der Waals surface area contributed by atoms with Crippen molar-refractivity contribution in [1.29, 1.82) is 0 Å². The van der Waals surface area contributed by atoms with Gasteiger partial charge >= 0.3 is 0 Å². The molecule has 1 aromatic carbocycles. The van der Waals surface area contributed by atoms with Crippen molar-refractivity contribution in [1.82, 2.24) is 14.6 Å². The highest BCUT2D eigenvalue weighted by Crippen LogP contribution is 2.29. The van der Waals surface area contributed by atoms with Gasteiger partial charge in [-0.3, -0.25) is 4.98 Å². The number of pyridine rings is 1. The zero-order chi connectivity index (χ0) is 15.6. The Kier molecular flexibility index (Phi) is 3.55. The van der Waals surface area contributed by atoms with E-state index in [2.05, 4.69) is 19.4 Å². The fourth-order valence-electron chi connectivity index (χ4n) is 2.26. The van der Waals surface area contributed by atoms with E-state index in [0.29, 0.717) is 12.5 Å². The van der Waals surface area contributed by atoms with Crippen LogP contribution in [0, 0.1) is 5.82 Å². The average molecular weight is 325 g/mol. The molecule has 0 spiro atoms. The second kappa shape index (κ2) is 5.85. The van der Waals surface area contributed by atoms with E-state index in [4.69, 9.17) is 0 Å². The predicted molar refractivity (Wildman–Crippen MR) is 89.0 cm³/mol. The lowest BCUT2D eigenvalue weighted by atomic mass is 10.2. The Hall–Kier alpha value is -2.67. The molecule has 3 heterocycles. The number of aromatic nitrogens is 3. The average Bonchev–Trinajstić information content (AvgIpc) is 3.02. The minimum Gasteiger partial charge on any atom is -0.265 e. The Morgan fingerprint density at radius 2 is 1.83 bits per heavy atom. The topological polar surface area (TPSA) is 46.3 Å². The summed E-state index contributed by atoms with van der Waals surface area (Å²) in [6.45, 7) is 0.666. The summed E-state index contributed by atoms with van der Waals surface area (Å²) >= 11 is 1.58. The first-order valence-electron chi connectivity index (χ1n) is 7.03. The molecule has 0 N–H and O–H groups in total. The second-order valence-corrected chi connectivity index (χ2v) is 5.97. The maximum absolute atomic E-state index is 13.1. The summed E-state index contributed by atoms with van der Waals surface area (Å²) in [6.07, 6.45) is 7.26. The van der Waals surface area contributed by atoms with Crippen LogP contribution < -0.4 is 4.41 Å². The summed E-state index contributed by atoms with van der Waals surface area (Å²) in [5.74, 6) is 0.350. The highest BCUT2D eigenvalue weighted by molar-refractivity contribution is 8.00. The van der Waals surface area contributed by atoms with E-state index in [1.54, 1.807) is 36.5 Å². The molecular weight excluding hydrogens is 313 g/mol. The lowest BCUT2D eigenvalue weighted by molar-refractivity contribution is 0.628. The van der Waals surface area contributed by atoms with E-state index >= 15 is 0 Å². The summed E-state index contributed by atoms with van der Waals surface area (Å²) in [4.78, 5) is 14.0. The van der Waals surface area contributed by atoms with Crippen LogP contribution in [0.25, 0.3) is 11.3 Å². The molecule has 1 aliphatic rings. The molecule has 0 saturated carbocycles. The number of nitrogens with zero attached hydrogens (tertiary/aromatic N) is 5. The largest absolute Gasteiger partial charge is 0.265 e. The molecule has 5 nitrogen and oxygen atoms in total. The highest BCUT2D eigenvalue weighted by Gasteiger charge is 2.18. The Labute approximate surface area is 136 Å². The standard InChI is InChI=1S/C16H12FN5S/c17-13-3-1-12(2-4-13)15-11-21-16(20-15)19-9-10-22(21)23-14-5-7-18-8-6-14/h1-9,11H,10H2. The van der Waals surface area contributed by atoms with Crippen molar-refractivity contribution in [2.45, 2.75) is 4.90 Å². The normalized spacial score (nSPS) is 13.2. The third-order valence-electron chi connectivity index (χ3n) is 3.36. The van der Waals surface area contributed by atoms with E-state index in [0.717, 1.165) is 16.2 Å². The van der Waals surface area contributed by atoms with Gasteiger partial charge in [-0.25, -0.2) is 23.5 Å². The molecular formula is C16H12FN5S. The first kappa shape index (κ1) is 14.0. The minimum atomic E-state index is -0.259. The van der Waals surface area contributed by atoms with E-state index in [-0.39, 0.29) is 5.82 Å². The van der Waals surface area contributed by atoms with Crippen LogP contribution in [0.4, 0.5) is 10.3 Å². The Bertz CT molecular complexity index is 845. The smallest absolute Gasteiger partial charge is 0.249 e. The molecule has 0 saturated heterocycles. The van der Waals surface area contributed by atoms with Gasteiger partial charge in [-0.05, 0) is 36.4 Å². The Morgan fingerprint density at radius 1 is 1.04 bits per heavy atom. The van der Waals surface area contributed by atoms with Crippen molar-refractivity contribution >= 4 is 24.1 Å². The zero-order valence-corrected chi connectivity index (χ0v) is 12.8. The molecule has 23 heavy (non-hydrogen) atoms. The van der Waals surface area contributed by atoms with Crippen molar-refractivity contribution in [2.75, 3.05) is 11.0 Å². The molecule has 7 heteroatoms. The maximum Gasteiger partial charge on any atom is 0.249 e. The molecule has 4 rings (SSSR count). The van der Waals surface area contributed by atoms with Crippen molar-refractivity contribution < 1.29 is 4.39 Å². The number of hydrogen-bond donors (Lipinski definition) is 0. The zero-order valence-electron chi connectivity index (χ0n) is 12.0. The Morgan fingerprint density at radius 3 is 2.61 bits per heavy atom. The van der Waals surface area contributed by atoms with Gasteiger partial charge < -0.3 is 0 Å². The van der Waals surface area contributed by atoms with Crippen molar-refractivity contribution in [3.63, 3.8) is 0 Å². The fourth-order valence-corrected chi connectivity index (χ4v) is 3.09. The number of fused-ring (bicyclic) bond motifs is 1. The van der Waals surface area contributed by atoms with Gasteiger partial charge in [-0.15, -0.1) is 0 Å². The summed E-state index contributed by atoms with van der Waals surface area (Å²) in [5, 5.41) is 0. The number of imidazole rings is 1. The van der Waals surface area contributed by atoms with Crippen LogP contribution in [0.5, 0.6) is 0 Å². The lowest BCUT2D eigenvalue weighted by Crippen LogP contribution is -2.30. The van der Waals surface area contributed by atoms with E-state index in [1.807, 2.05) is 29.2 Å². The van der Waals surface area contributed by atoms with Gasteiger partial charge in [-0.2, -0.15) is 0 Å². The molecule has 0 fully saturated rings. The van der Waals surface area contributed by atoms with Crippen LogP contribution in [0.15, 0.2) is 64.9 Å². The van der Waals surface area contributed by atoms with E-state index in [9.17, 15) is 4.39 Å². The van der Waals surface area contributed by atoms with Gasteiger partial charge in [0.25, 0.3) is 0 Å². The number of hydrogen-bond acceptors (Lipinski definition) is 5. The van der Waals surface area contributed by atoms with Gasteiger partial charge in [-0.1, -0.05) is 0 Å². The second-order valence-electron chi connectivity index (χ2n) is 4.90. The number of rotatable bonds is 3. The highest BCUT2D eigenvalue weighted by atomic mass is 32.2. The van der Waals surface area contributed by atoms with Crippen LogP contribution >= 0.6 is 11.9 Å². The van der Waals surface area contributed by atoms with Crippen LogP contribution in [-0.2, 0) is 0 Å². The van der Waals surface area contributed by atoms with Crippen molar-refractivity contribution in [2.24, 2.45) is 4.99 Å². The van der Waals surface area contributed by atoms with Crippen LogP contribution in [0.3, 0.4) is 0 Å². The van der Waals surface area contributed by atoms with Crippen molar-refractivity contribution in [3.8, 4) is 11.3 Å². The van der Waals surface area contributed by atoms with Gasteiger partial charge in [0, 0.05) is 41.0 Å². The van der Waals surface area contributed by atoms with Gasteiger partial charge in [0.15, 0.2) is 0 Å². The van der Waals surface area contributed by atoms with Crippen LogP contribution in [0.2, 0.25) is 0 Å². The van der Waals surface area contributed by atoms with Crippen LogP contribution in [-0.4, -0.2) is 27.4 Å². The predicted octanol–water partition coefficient (Wildman–Crippen LogP) is 3.45. The van der Waals surface area contributed by atoms with Gasteiger partial charge in [0.2, 0.25) is 5.95 Å². The Balaban J connectivity index is 1.66. The van der Waals surface area contributed by atoms with Gasteiger partial charge in [0.05, 0.1) is 18.4 Å². The lowest BCUT2D eigenvalue weighted by Gasteiger charge is -2.25.